The van der Waals surface area contributed by atoms with Gasteiger partial charge in [0.2, 0.25) is 10.0 Å². The van der Waals surface area contributed by atoms with Crippen LogP contribution in [0.3, 0.4) is 0 Å². The summed E-state index contributed by atoms with van der Waals surface area (Å²) >= 11 is 5.94. The van der Waals surface area contributed by atoms with Gasteiger partial charge in [0.25, 0.3) is 10.0 Å². The zero-order chi connectivity index (χ0) is 23.8. The Balaban J connectivity index is 1.73. The molecule has 1 aliphatic heterocycles. The molecule has 172 valence electrons. The van der Waals surface area contributed by atoms with Gasteiger partial charge in [-0.3, -0.25) is 4.72 Å². The molecule has 0 aliphatic carbocycles. The first kappa shape index (κ1) is 23.3. The van der Waals surface area contributed by atoms with E-state index in [0.29, 0.717) is 28.4 Å². The molecule has 0 saturated heterocycles. The highest BCUT2D eigenvalue weighted by Crippen LogP contribution is 2.37. The first-order valence-corrected chi connectivity index (χ1v) is 13.8. The van der Waals surface area contributed by atoms with E-state index in [9.17, 15) is 16.8 Å². The van der Waals surface area contributed by atoms with Crippen LogP contribution < -0.4 is 4.72 Å². The molecule has 0 unspecified atom stereocenters. The summed E-state index contributed by atoms with van der Waals surface area (Å²) in [5.41, 5.74) is 3.61. The van der Waals surface area contributed by atoms with Crippen molar-refractivity contribution in [2.45, 2.75) is 24.3 Å². The Morgan fingerprint density at radius 1 is 0.909 bits per heavy atom. The third kappa shape index (κ3) is 5.21. The summed E-state index contributed by atoms with van der Waals surface area (Å²) in [6, 6.07) is 19.8. The van der Waals surface area contributed by atoms with E-state index in [1.54, 1.807) is 24.3 Å². The lowest BCUT2D eigenvalue weighted by Crippen LogP contribution is -2.27. The normalized spacial score (nSPS) is 16.5. The zero-order valence-electron chi connectivity index (χ0n) is 17.9. The summed E-state index contributed by atoms with van der Waals surface area (Å²) in [6.45, 7) is 1.97. The maximum absolute atomic E-state index is 13.5. The standard InChI is InChI=1S/C23H22ClN3O4S2/c1-16-3-5-18(6-4-16)23-15-22(17-7-11-20(12-8-17)26-32(2,28)29)25-27(23)33(30,31)21-13-9-19(24)10-14-21/h3-14,23,26H,15H2,1-2H3/t23-/m1/s1. The molecule has 0 radical (unpaired) electrons. The number of anilines is 1. The molecular formula is C23H22ClN3O4S2. The van der Waals surface area contributed by atoms with E-state index in [1.165, 1.54) is 24.3 Å². The molecule has 10 heteroatoms. The summed E-state index contributed by atoms with van der Waals surface area (Å²) in [4.78, 5) is 0.0988. The number of hydrogen-bond acceptors (Lipinski definition) is 5. The molecule has 1 N–H and O–H groups in total. The summed E-state index contributed by atoms with van der Waals surface area (Å²) in [5.74, 6) is 0. The van der Waals surface area contributed by atoms with E-state index in [-0.39, 0.29) is 4.90 Å². The monoisotopic (exact) mass is 503 g/mol. The van der Waals surface area contributed by atoms with Gasteiger partial charge in [-0.2, -0.15) is 17.9 Å². The van der Waals surface area contributed by atoms with E-state index in [4.69, 9.17) is 11.6 Å². The minimum Gasteiger partial charge on any atom is -0.284 e. The van der Waals surface area contributed by atoms with E-state index >= 15 is 0 Å². The average Bonchev–Trinajstić information content (AvgIpc) is 3.20. The van der Waals surface area contributed by atoms with Crippen molar-refractivity contribution in [2.24, 2.45) is 5.10 Å². The molecule has 1 atom stereocenters. The molecule has 0 saturated carbocycles. The van der Waals surface area contributed by atoms with Crippen LogP contribution in [0.2, 0.25) is 5.02 Å². The highest BCUT2D eigenvalue weighted by atomic mass is 35.5. The predicted molar refractivity (Wildman–Crippen MR) is 130 cm³/mol. The lowest BCUT2D eigenvalue weighted by Gasteiger charge is -2.23. The van der Waals surface area contributed by atoms with Gasteiger partial charge in [0.05, 0.1) is 22.9 Å². The van der Waals surface area contributed by atoms with Crippen LogP contribution in [-0.4, -0.2) is 33.2 Å². The minimum atomic E-state index is -3.94. The van der Waals surface area contributed by atoms with Crippen LogP contribution in [0.15, 0.2) is 82.8 Å². The molecule has 4 rings (SSSR count). The zero-order valence-corrected chi connectivity index (χ0v) is 20.3. The summed E-state index contributed by atoms with van der Waals surface area (Å²) in [5, 5.41) is 4.95. The quantitative estimate of drug-likeness (QED) is 0.533. The molecule has 1 aliphatic rings. The Bertz CT molecular complexity index is 1400. The van der Waals surface area contributed by atoms with Crippen LogP contribution >= 0.6 is 11.6 Å². The smallest absolute Gasteiger partial charge is 0.279 e. The fourth-order valence-corrected chi connectivity index (χ4v) is 5.70. The molecule has 7 nitrogen and oxygen atoms in total. The molecule has 0 fully saturated rings. The maximum atomic E-state index is 13.5. The number of hydrazone groups is 1. The van der Waals surface area contributed by atoms with Crippen molar-refractivity contribution < 1.29 is 16.8 Å². The molecule has 1 heterocycles. The van der Waals surface area contributed by atoms with Crippen molar-refractivity contribution in [1.82, 2.24) is 4.41 Å². The number of sulfonamides is 2. The predicted octanol–water partition coefficient (Wildman–Crippen LogP) is 4.56. The molecule has 33 heavy (non-hydrogen) atoms. The Morgan fingerprint density at radius 2 is 1.52 bits per heavy atom. The molecule has 0 aromatic heterocycles. The number of rotatable bonds is 6. The van der Waals surface area contributed by atoms with E-state index in [0.717, 1.165) is 21.8 Å². The van der Waals surface area contributed by atoms with Gasteiger partial charge in [0, 0.05) is 17.1 Å². The van der Waals surface area contributed by atoms with Crippen molar-refractivity contribution in [2.75, 3.05) is 11.0 Å². The van der Waals surface area contributed by atoms with Crippen LogP contribution in [0.1, 0.15) is 29.2 Å². The summed E-state index contributed by atoms with van der Waals surface area (Å²) in [7, 11) is -7.34. The Hall–Kier alpha value is -2.88. The Morgan fingerprint density at radius 3 is 2.09 bits per heavy atom. The SMILES string of the molecule is Cc1ccc([C@H]2CC(c3ccc(NS(C)(=O)=O)cc3)=NN2S(=O)(=O)c2ccc(Cl)cc2)cc1. The number of benzene rings is 3. The molecule has 0 spiro atoms. The fraction of sp³-hybridized carbons (Fsp3) is 0.174. The highest BCUT2D eigenvalue weighted by Gasteiger charge is 2.37. The first-order valence-electron chi connectivity index (χ1n) is 10.1. The highest BCUT2D eigenvalue weighted by molar-refractivity contribution is 7.92. The van der Waals surface area contributed by atoms with E-state index < -0.39 is 26.1 Å². The minimum absolute atomic E-state index is 0.0988. The van der Waals surface area contributed by atoms with Crippen LogP contribution in [0.4, 0.5) is 5.69 Å². The second-order valence-electron chi connectivity index (χ2n) is 7.86. The summed E-state index contributed by atoms with van der Waals surface area (Å²) < 4.78 is 53.4. The van der Waals surface area contributed by atoms with Crippen LogP contribution in [0.25, 0.3) is 0 Å². The Labute approximate surface area is 198 Å². The lowest BCUT2D eigenvalue weighted by atomic mass is 9.98. The van der Waals surface area contributed by atoms with Crippen molar-refractivity contribution in [3.63, 3.8) is 0 Å². The second kappa shape index (κ2) is 8.81. The molecule has 0 amide bonds. The van der Waals surface area contributed by atoms with Gasteiger partial charge < -0.3 is 0 Å². The molecule has 3 aromatic carbocycles. The second-order valence-corrected chi connectivity index (χ2v) is 11.8. The van der Waals surface area contributed by atoms with Gasteiger partial charge in [0.15, 0.2) is 0 Å². The summed E-state index contributed by atoms with van der Waals surface area (Å²) in [6.07, 6.45) is 1.45. The van der Waals surface area contributed by atoms with Crippen LogP contribution in [0, 0.1) is 6.92 Å². The van der Waals surface area contributed by atoms with Crippen LogP contribution in [-0.2, 0) is 20.0 Å². The molecule has 3 aromatic rings. The number of nitrogens with zero attached hydrogens (tertiary/aromatic N) is 2. The topological polar surface area (TPSA) is 95.9 Å². The first-order chi connectivity index (χ1) is 15.5. The number of hydrogen-bond donors (Lipinski definition) is 1. The van der Waals surface area contributed by atoms with Gasteiger partial charge >= 0.3 is 0 Å². The van der Waals surface area contributed by atoms with Gasteiger partial charge in [-0.25, -0.2) is 8.42 Å². The largest absolute Gasteiger partial charge is 0.284 e. The number of halogens is 1. The van der Waals surface area contributed by atoms with Crippen molar-refractivity contribution in [3.8, 4) is 0 Å². The average molecular weight is 504 g/mol. The van der Waals surface area contributed by atoms with Crippen molar-refractivity contribution in [3.05, 3.63) is 94.5 Å². The third-order valence-electron chi connectivity index (χ3n) is 5.21. The lowest BCUT2D eigenvalue weighted by molar-refractivity contribution is 0.371. The maximum Gasteiger partial charge on any atom is 0.279 e. The fourth-order valence-electron chi connectivity index (χ4n) is 3.58. The number of nitrogens with one attached hydrogen (secondary N) is 1. The third-order valence-corrected chi connectivity index (χ3v) is 7.77. The van der Waals surface area contributed by atoms with Gasteiger partial charge in [-0.05, 0) is 54.4 Å². The molecular weight excluding hydrogens is 482 g/mol. The van der Waals surface area contributed by atoms with E-state index in [2.05, 4.69) is 9.82 Å². The number of aryl methyl sites for hydroxylation is 1. The Kier molecular flexibility index (Phi) is 6.22. The van der Waals surface area contributed by atoms with Gasteiger partial charge in [-0.1, -0.05) is 53.6 Å². The van der Waals surface area contributed by atoms with Crippen molar-refractivity contribution in [1.29, 1.82) is 0 Å². The van der Waals surface area contributed by atoms with Gasteiger partial charge in [0.1, 0.15) is 0 Å². The molecule has 0 bridgehead atoms. The van der Waals surface area contributed by atoms with Crippen molar-refractivity contribution >= 4 is 43.0 Å². The van der Waals surface area contributed by atoms with E-state index in [1.807, 2.05) is 31.2 Å². The van der Waals surface area contributed by atoms with Gasteiger partial charge in [-0.15, -0.1) is 0 Å². The van der Waals surface area contributed by atoms with Crippen LogP contribution in [0.5, 0.6) is 0 Å².